The molecular formula is C27H29N3O2. The second-order valence-corrected chi connectivity index (χ2v) is 8.19. The molecule has 4 rings (SSSR count). The zero-order valence-electron chi connectivity index (χ0n) is 18.4. The number of aromatic nitrogens is 2. The summed E-state index contributed by atoms with van der Waals surface area (Å²) in [7, 11) is 0. The Morgan fingerprint density at radius 2 is 1.25 bits per heavy atom. The minimum atomic E-state index is -0.615. The highest BCUT2D eigenvalue weighted by atomic mass is 16.2. The fraction of sp³-hybridized carbons (Fsp3) is 0.259. The molecule has 0 unspecified atom stereocenters. The van der Waals surface area contributed by atoms with Crippen molar-refractivity contribution in [3.8, 4) is 11.1 Å². The van der Waals surface area contributed by atoms with E-state index >= 15 is 0 Å². The Hall–Kier alpha value is -3.44. The van der Waals surface area contributed by atoms with Crippen LogP contribution in [0, 0.1) is 0 Å². The van der Waals surface area contributed by atoms with Crippen molar-refractivity contribution in [1.29, 1.82) is 0 Å². The summed E-state index contributed by atoms with van der Waals surface area (Å²) in [5.41, 5.74) is 5.08. The maximum Gasteiger partial charge on any atom is 0.314 e. The molecule has 5 heteroatoms. The molecular weight excluding hydrogens is 398 g/mol. The first-order chi connectivity index (χ1) is 15.6. The average Bonchev–Trinajstić information content (AvgIpc) is 2.82. The Kier molecular flexibility index (Phi) is 6.97. The van der Waals surface area contributed by atoms with E-state index in [1.165, 1.54) is 16.7 Å². The van der Waals surface area contributed by atoms with Crippen molar-refractivity contribution in [3.63, 3.8) is 0 Å². The molecule has 0 radical (unpaired) electrons. The number of aromatic amines is 2. The van der Waals surface area contributed by atoms with E-state index in [4.69, 9.17) is 0 Å². The first-order valence-corrected chi connectivity index (χ1v) is 11.2. The smallest absolute Gasteiger partial charge is 0.314 e. The zero-order chi connectivity index (χ0) is 22.3. The second kappa shape index (κ2) is 10.2. The van der Waals surface area contributed by atoms with E-state index in [0.717, 1.165) is 44.5 Å². The Bertz CT molecular complexity index is 1270. The number of hydrogen-bond donors (Lipinski definition) is 2. The summed E-state index contributed by atoms with van der Waals surface area (Å²) >= 11 is 0. The number of rotatable bonds is 9. The van der Waals surface area contributed by atoms with Crippen molar-refractivity contribution in [2.75, 3.05) is 19.6 Å². The third-order valence-corrected chi connectivity index (χ3v) is 5.82. The van der Waals surface area contributed by atoms with Crippen molar-refractivity contribution >= 4 is 11.0 Å². The molecule has 32 heavy (non-hydrogen) atoms. The van der Waals surface area contributed by atoms with Crippen molar-refractivity contribution in [2.45, 2.75) is 26.2 Å². The molecule has 0 aliphatic rings. The highest BCUT2D eigenvalue weighted by Gasteiger charge is 2.07. The van der Waals surface area contributed by atoms with Crippen LogP contribution in [0.15, 0.2) is 82.4 Å². The molecule has 0 bridgehead atoms. The van der Waals surface area contributed by atoms with E-state index in [1.54, 1.807) is 0 Å². The molecule has 0 fully saturated rings. The van der Waals surface area contributed by atoms with Crippen LogP contribution >= 0.6 is 0 Å². The van der Waals surface area contributed by atoms with Crippen LogP contribution in [0.4, 0.5) is 0 Å². The van der Waals surface area contributed by atoms with Gasteiger partial charge in [-0.25, -0.2) is 0 Å². The van der Waals surface area contributed by atoms with Crippen LogP contribution in [0.25, 0.3) is 22.2 Å². The van der Waals surface area contributed by atoms with Crippen molar-refractivity contribution in [2.24, 2.45) is 0 Å². The Morgan fingerprint density at radius 3 is 1.94 bits per heavy atom. The van der Waals surface area contributed by atoms with Crippen LogP contribution in [0.1, 0.15) is 24.5 Å². The molecule has 2 N–H and O–H groups in total. The van der Waals surface area contributed by atoms with E-state index < -0.39 is 11.1 Å². The average molecular weight is 428 g/mol. The third kappa shape index (κ3) is 5.42. The van der Waals surface area contributed by atoms with Gasteiger partial charge in [0, 0.05) is 13.1 Å². The topological polar surface area (TPSA) is 69.0 Å². The number of fused-ring (bicyclic) bond motifs is 1. The number of benzene rings is 3. The van der Waals surface area contributed by atoms with Gasteiger partial charge in [0.25, 0.3) is 0 Å². The first kappa shape index (κ1) is 21.8. The molecule has 0 saturated carbocycles. The predicted molar refractivity (Wildman–Crippen MR) is 131 cm³/mol. The van der Waals surface area contributed by atoms with Gasteiger partial charge in [-0.05, 0) is 60.2 Å². The van der Waals surface area contributed by atoms with E-state index in [1.807, 2.05) is 24.3 Å². The lowest BCUT2D eigenvalue weighted by Crippen LogP contribution is -2.29. The van der Waals surface area contributed by atoms with Gasteiger partial charge in [0.05, 0.1) is 11.0 Å². The fourth-order valence-electron chi connectivity index (χ4n) is 4.04. The molecule has 3 aromatic carbocycles. The molecule has 0 spiro atoms. The van der Waals surface area contributed by atoms with Gasteiger partial charge in [0.2, 0.25) is 0 Å². The van der Waals surface area contributed by atoms with Gasteiger partial charge < -0.3 is 14.9 Å². The van der Waals surface area contributed by atoms with E-state index in [2.05, 4.69) is 70.3 Å². The normalized spacial score (nSPS) is 11.3. The number of nitrogens with one attached hydrogen (secondary N) is 2. The third-order valence-electron chi connectivity index (χ3n) is 5.82. The molecule has 1 aromatic heterocycles. The van der Waals surface area contributed by atoms with Crippen molar-refractivity contribution in [1.82, 2.24) is 14.9 Å². The predicted octanol–water partition coefficient (Wildman–Crippen LogP) is 4.38. The molecule has 0 aliphatic heterocycles. The summed E-state index contributed by atoms with van der Waals surface area (Å²) in [5.74, 6) is 0. The molecule has 0 atom stereocenters. The summed E-state index contributed by atoms with van der Waals surface area (Å²) in [6, 6.07) is 25.2. The largest absolute Gasteiger partial charge is 0.316 e. The molecule has 4 aromatic rings. The summed E-state index contributed by atoms with van der Waals surface area (Å²) in [5, 5.41) is 0. The van der Waals surface area contributed by atoms with Crippen LogP contribution in [-0.2, 0) is 12.8 Å². The van der Waals surface area contributed by atoms with E-state index in [9.17, 15) is 9.59 Å². The van der Waals surface area contributed by atoms with Crippen molar-refractivity contribution in [3.05, 3.63) is 105 Å². The highest BCUT2D eigenvalue weighted by Crippen LogP contribution is 2.19. The lowest BCUT2D eigenvalue weighted by Gasteiger charge is -2.22. The first-order valence-electron chi connectivity index (χ1n) is 11.2. The summed E-state index contributed by atoms with van der Waals surface area (Å²) < 4.78 is 0. The van der Waals surface area contributed by atoms with Crippen molar-refractivity contribution < 1.29 is 0 Å². The SMILES string of the molecule is CCCN(CCc1ccc(-c2ccccc2)cc1)CCc1ccc2[nH]c(=O)c(=O)[nH]c2c1. The van der Waals surface area contributed by atoms with E-state index in [0.29, 0.717) is 11.0 Å². The van der Waals surface area contributed by atoms with Gasteiger partial charge >= 0.3 is 11.1 Å². The number of H-pyrrole nitrogens is 2. The maximum atomic E-state index is 11.6. The Labute approximate surface area is 187 Å². The molecule has 164 valence electrons. The Balaban J connectivity index is 1.36. The molecule has 1 heterocycles. The Morgan fingerprint density at radius 1 is 0.656 bits per heavy atom. The number of nitrogens with zero attached hydrogens (tertiary/aromatic N) is 1. The zero-order valence-corrected chi connectivity index (χ0v) is 18.4. The van der Waals surface area contributed by atoms with Crippen LogP contribution in [0.5, 0.6) is 0 Å². The van der Waals surface area contributed by atoms with Crippen LogP contribution in [0.3, 0.4) is 0 Å². The van der Waals surface area contributed by atoms with Gasteiger partial charge in [0.1, 0.15) is 0 Å². The highest BCUT2D eigenvalue weighted by molar-refractivity contribution is 5.74. The summed E-state index contributed by atoms with van der Waals surface area (Å²) in [6.07, 6.45) is 3.02. The quantitative estimate of drug-likeness (QED) is 0.390. The summed E-state index contributed by atoms with van der Waals surface area (Å²) in [4.78, 5) is 30.9. The summed E-state index contributed by atoms with van der Waals surface area (Å²) in [6.45, 7) is 5.23. The minimum absolute atomic E-state index is 0.611. The number of hydrogen-bond acceptors (Lipinski definition) is 3. The van der Waals surface area contributed by atoms with Crippen LogP contribution in [0.2, 0.25) is 0 Å². The van der Waals surface area contributed by atoms with Gasteiger partial charge in [0.15, 0.2) is 0 Å². The molecule has 0 saturated heterocycles. The minimum Gasteiger partial charge on any atom is -0.316 e. The van der Waals surface area contributed by atoms with Gasteiger partial charge in [-0.3, -0.25) is 9.59 Å². The van der Waals surface area contributed by atoms with Gasteiger partial charge in [-0.15, -0.1) is 0 Å². The second-order valence-electron chi connectivity index (χ2n) is 8.19. The van der Waals surface area contributed by atoms with Crippen LogP contribution in [-0.4, -0.2) is 34.5 Å². The van der Waals surface area contributed by atoms with Gasteiger partial charge in [-0.1, -0.05) is 67.6 Å². The lowest BCUT2D eigenvalue weighted by atomic mass is 10.0. The fourth-order valence-corrected chi connectivity index (χ4v) is 4.04. The van der Waals surface area contributed by atoms with Gasteiger partial charge in [-0.2, -0.15) is 0 Å². The lowest BCUT2D eigenvalue weighted by molar-refractivity contribution is 0.281. The van der Waals surface area contributed by atoms with Crippen LogP contribution < -0.4 is 11.1 Å². The molecule has 0 amide bonds. The standard InChI is InChI=1S/C27H29N3O2/c1-2-16-30(17-14-20-8-11-23(12-9-20)22-6-4-3-5-7-22)18-15-21-10-13-24-25(19-21)29-27(32)26(31)28-24/h3-13,19H,2,14-18H2,1H3,(H,28,31)(H,29,32). The monoisotopic (exact) mass is 427 g/mol. The van der Waals surface area contributed by atoms with E-state index in [-0.39, 0.29) is 0 Å². The maximum absolute atomic E-state index is 11.6. The molecule has 5 nitrogen and oxygen atoms in total. The molecule has 0 aliphatic carbocycles.